The summed E-state index contributed by atoms with van der Waals surface area (Å²) in [5, 5.41) is 21.3. The number of rotatable bonds is 5. The quantitative estimate of drug-likeness (QED) is 0.658. The zero-order valence-electron chi connectivity index (χ0n) is 14.0. The summed E-state index contributed by atoms with van der Waals surface area (Å²) < 4.78 is 6.17. The Bertz CT molecular complexity index is 1050. The first-order chi connectivity index (χ1) is 13.0. The van der Waals surface area contributed by atoms with E-state index in [1.807, 2.05) is 6.07 Å². The molecule has 2 heterocycles. The molecule has 0 fully saturated rings. The molecule has 10 heteroatoms. The van der Waals surface area contributed by atoms with Crippen LogP contribution in [0, 0.1) is 11.3 Å². The van der Waals surface area contributed by atoms with Crippen molar-refractivity contribution in [1.29, 1.82) is 5.26 Å². The highest BCUT2D eigenvalue weighted by molar-refractivity contribution is 7.15. The van der Waals surface area contributed by atoms with E-state index < -0.39 is 11.9 Å². The molecule has 0 saturated heterocycles. The normalized spacial score (nSPS) is 10.3. The van der Waals surface area contributed by atoms with Crippen molar-refractivity contribution in [1.82, 2.24) is 14.8 Å². The van der Waals surface area contributed by atoms with E-state index in [0.717, 1.165) is 0 Å². The van der Waals surface area contributed by atoms with E-state index in [1.165, 1.54) is 29.3 Å². The van der Waals surface area contributed by atoms with Gasteiger partial charge in [-0.15, -0.1) is 21.5 Å². The van der Waals surface area contributed by atoms with Gasteiger partial charge in [0.25, 0.3) is 0 Å². The first-order valence-corrected chi connectivity index (χ1v) is 8.83. The molecule has 27 heavy (non-hydrogen) atoms. The third-order valence-corrected chi connectivity index (χ3v) is 4.85. The van der Waals surface area contributed by atoms with Gasteiger partial charge in [0.15, 0.2) is 0 Å². The standard InChI is InChI=1S/C17H12ClN5O3S/c1-26-17(25)15-11(10-4-2-3-5-12(10)18)8-27-16(15)21-14(24)7-23-9-20-22-13(23)6-19/h2-5,8-9H,7H2,1H3,(H,21,24). The second-order valence-corrected chi connectivity index (χ2v) is 6.55. The molecule has 0 spiro atoms. The summed E-state index contributed by atoms with van der Waals surface area (Å²) >= 11 is 7.42. The van der Waals surface area contributed by atoms with Crippen LogP contribution < -0.4 is 5.32 Å². The van der Waals surface area contributed by atoms with E-state index in [2.05, 4.69) is 15.5 Å². The van der Waals surface area contributed by atoms with Crippen LogP contribution in [-0.4, -0.2) is 33.8 Å². The SMILES string of the molecule is COC(=O)c1c(-c2ccccc2Cl)csc1NC(=O)Cn1cnnc1C#N. The number of nitriles is 1. The Hall–Kier alpha value is -3.22. The first-order valence-electron chi connectivity index (χ1n) is 7.57. The van der Waals surface area contributed by atoms with Crippen LogP contribution in [-0.2, 0) is 16.1 Å². The number of halogens is 1. The average Bonchev–Trinajstić information content (AvgIpc) is 3.28. The number of methoxy groups -OCH3 is 1. The summed E-state index contributed by atoms with van der Waals surface area (Å²) in [7, 11) is 1.26. The number of anilines is 1. The van der Waals surface area contributed by atoms with Gasteiger partial charge in [0.1, 0.15) is 29.5 Å². The van der Waals surface area contributed by atoms with Gasteiger partial charge >= 0.3 is 5.97 Å². The lowest BCUT2D eigenvalue weighted by Crippen LogP contribution is -2.20. The molecule has 8 nitrogen and oxygen atoms in total. The predicted octanol–water partition coefficient (Wildman–Crippen LogP) is 2.96. The van der Waals surface area contributed by atoms with Crippen molar-refractivity contribution < 1.29 is 14.3 Å². The summed E-state index contributed by atoms with van der Waals surface area (Å²) in [6, 6.07) is 8.91. The van der Waals surface area contributed by atoms with Gasteiger partial charge in [-0.25, -0.2) is 4.79 Å². The minimum absolute atomic E-state index is 0.0151. The third kappa shape index (κ3) is 3.81. The fourth-order valence-corrected chi connectivity index (χ4v) is 3.61. The lowest BCUT2D eigenvalue weighted by Gasteiger charge is -2.09. The van der Waals surface area contributed by atoms with Gasteiger partial charge in [0.2, 0.25) is 11.7 Å². The highest BCUT2D eigenvalue weighted by Crippen LogP contribution is 2.39. The molecule has 2 aromatic heterocycles. The fraction of sp³-hybridized carbons (Fsp3) is 0.118. The van der Waals surface area contributed by atoms with Crippen molar-refractivity contribution >= 4 is 39.8 Å². The van der Waals surface area contributed by atoms with Gasteiger partial charge in [0, 0.05) is 21.5 Å². The lowest BCUT2D eigenvalue weighted by atomic mass is 10.0. The Morgan fingerprint density at radius 3 is 2.85 bits per heavy atom. The van der Waals surface area contributed by atoms with Crippen LogP contribution in [0.15, 0.2) is 36.0 Å². The number of nitrogens with one attached hydrogen (secondary N) is 1. The summed E-state index contributed by atoms with van der Waals surface area (Å²) in [6.07, 6.45) is 1.28. The molecule has 0 aliphatic carbocycles. The number of nitrogens with zero attached hydrogens (tertiary/aromatic N) is 4. The minimum atomic E-state index is -0.594. The van der Waals surface area contributed by atoms with Gasteiger partial charge in [0.05, 0.1) is 7.11 Å². The van der Waals surface area contributed by atoms with Crippen LogP contribution in [0.5, 0.6) is 0 Å². The lowest BCUT2D eigenvalue weighted by molar-refractivity contribution is -0.116. The Kier molecular flexibility index (Phi) is 5.49. The third-order valence-electron chi connectivity index (χ3n) is 3.63. The van der Waals surface area contributed by atoms with E-state index in [-0.39, 0.29) is 17.9 Å². The Morgan fingerprint density at radius 1 is 1.37 bits per heavy atom. The molecule has 0 atom stereocenters. The Balaban J connectivity index is 1.92. The van der Waals surface area contributed by atoms with E-state index in [1.54, 1.807) is 29.6 Å². The van der Waals surface area contributed by atoms with Crippen molar-refractivity contribution in [3.8, 4) is 17.2 Å². The molecule has 0 unspecified atom stereocenters. The number of esters is 1. The van der Waals surface area contributed by atoms with Crippen LogP contribution in [0.3, 0.4) is 0 Å². The van der Waals surface area contributed by atoms with Crippen molar-refractivity contribution in [3.05, 3.63) is 52.4 Å². The number of carbonyl (C=O) groups excluding carboxylic acids is 2. The van der Waals surface area contributed by atoms with Crippen LogP contribution in [0.25, 0.3) is 11.1 Å². The molecule has 1 aromatic carbocycles. The minimum Gasteiger partial charge on any atom is -0.465 e. The van der Waals surface area contributed by atoms with E-state index in [9.17, 15) is 9.59 Å². The van der Waals surface area contributed by atoms with Gasteiger partial charge in [-0.05, 0) is 6.07 Å². The summed E-state index contributed by atoms with van der Waals surface area (Å²) in [6.45, 7) is -0.171. The van der Waals surface area contributed by atoms with Gasteiger partial charge in [-0.3, -0.25) is 9.36 Å². The van der Waals surface area contributed by atoms with Crippen LogP contribution in [0.4, 0.5) is 5.00 Å². The van der Waals surface area contributed by atoms with Crippen LogP contribution in [0.1, 0.15) is 16.2 Å². The monoisotopic (exact) mass is 401 g/mol. The zero-order valence-corrected chi connectivity index (χ0v) is 15.5. The number of ether oxygens (including phenoxy) is 1. The Morgan fingerprint density at radius 2 is 2.15 bits per heavy atom. The van der Waals surface area contributed by atoms with Crippen molar-refractivity contribution in [2.24, 2.45) is 0 Å². The zero-order chi connectivity index (χ0) is 19.4. The summed E-state index contributed by atoms with van der Waals surface area (Å²) in [5.74, 6) is -1.02. The highest BCUT2D eigenvalue weighted by Gasteiger charge is 2.23. The maximum absolute atomic E-state index is 12.4. The Labute approximate surface area is 163 Å². The maximum Gasteiger partial charge on any atom is 0.341 e. The average molecular weight is 402 g/mol. The van der Waals surface area contributed by atoms with E-state index in [0.29, 0.717) is 21.2 Å². The summed E-state index contributed by atoms with van der Waals surface area (Å²) in [4.78, 5) is 24.7. The van der Waals surface area contributed by atoms with Gasteiger partial charge in [-0.1, -0.05) is 29.8 Å². The number of amides is 1. The van der Waals surface area contributed by atoms with Crippen LogP contribution in [0.2, 0.25) is 5.02 Å². The number of hydrogen-bond donors (Lipinski definition) is 1. The molecule has 1 amide bonds. The predicted molar refractivity (Wildman–Crippen MR) is 99.5 cm³/mol. The molecule has 3 rings (SSSR count). The molecule has 0 radical (unpaired) electrons. The molecular formula is C17H12ClN5O3S. The second-order valence-electron chi connectivity index (χ2n) is 5.27. The molecule has 1 N–H and O–H groups in total. The van der Waals surface area contributed by atoms with Crippen molar-refractivity contribution in [3.63, 3.8) is 0 Å². The molecule has 0 aliphatic rings. The molecule has 0 aliphatic heterocycles. The fourth-order valence-electron chi connectivity index (χ4n) is 2.41. The molecular weight excluding hydrogens is 390 g/mol. The number of hydrogen-bond acceptors (Lipinski definition) is 7. The van der Waals surface area contributed by atoms with Crippen molar-refractivity contribution in [2.75, 3.05) is 12.4 Å². The number of thiophene rings is 1. The molecule has 3 aromatic rings. The number of benzene rings is 1. The molecule has 136 valence electrons. The second kappa shape index (κ2) is 7.99. The van der Waals surface area contributed by atoms with E-state index in [4.69, 9.17) is 21.6 Å². The van der Waals surface area contributed by atoms with Gasteiger partial charge < -0.3 is 10.1 Å². The highest BCUT2D eigenvalue weighted by atomic mass is 35.5. The largest absolute Gasteiger partial charge is 0.465 e. The molecule has 0 bridgehead atoms. The van der Waals surface area contributed by atoms with Crippen molar-refractivity contribution in [2.45, 2.75) is 6.54 Å². The van der Waals surface area contributed by atoms with Crippen LogP contribution >= 0.6 is 22.9 Å². The summed E-state index contributed by atoms with van der Waals surface area (Å²) in [5.41, 5.74) is 1.44. The van der Waals surface area contributed by atoms with Gasteiger partial charge in [-0.2, -0.15) is 5.26 Å². The number of aromatic nitrogens is 3. The smallest absolute Gasteiger partial charge is 0.341 e. The maximum atomic E-state index is 12.4. The topological polar surface area (TPSA) is 110 Å². The molecule has 0 saturated carbocycles. The van der Waals surface area contributed by atoms with E-state index >= 15 is 0 Å². The number of carbonyl (C=O) groups is 2. The first kappa shape index (κ1) is 18.6.